The molecule has 0 amide bonds. The van der Waals surface area contributed by atoms with E-state index in [2.05, 4.69) is 36.9 Å². The van der Waals surface area contributed by atoms with Crippen molar-refractivity contribution in [2.45, 2.75) is 39.2 Å². The van der Waals surface area contributed by atoms with Gasteiger partial charge in [-0.25, -0.2) is 0 Å². The fourth-order valence-corrected chi connectivity index (χ4v) is 3.52. The van der Waals surface area contributed by atoms with E-state index in [0.29, 0.717) is 4.99 Å². The highest BCUT2D eigenvalue weighted by Gasteiger charge is 2.34. The van der Waals surface area contributed by atoms with Crippen molar-refractivity contribution in [3.63, 3.8) is 0 Å². The molecular formula is C17H24N2OS. The Morgan fingerprint density at radius 2 is 2.14 bits per heavy atom. The molecule has 0 bridgehead atoms. The molecule has 2 aliphatic heterocycles. The van der Waals surface area contributed by atoms with Gasteiger partial charge in [-0.3, -0.25) is 4.90 Å². The van der Waals surface area contributed by atoms with Crippen molar-refractivity contribution in [1.29, 1.82) is 0 Å². The van der Waals surface area contributed by atoms with Crippen molar-refractivity contribution < 1.29 is 4.74 Å². The Kier molecular flexibility index (Phi) is 3.93. The normalized spacial score (nSPS) is 24.4. The highest BCUT2D eigenvalue weighted by molar-refractivity contribution is 7.80. The number of aryl methyl sites for hydroxylation is 1. The zero-order valence-corrected chi connectivity index (χ0v) is 13.7. The van der Waals surface area contributed by atoms with Gasteiger partial charge in [0, 0.05) is 18.4 Å². The summed E-state index contributed by atoms with van der Waals surface area (Å²) in [4.78, 5) is 3.16. The molecule has 1 saturated heterocycles. The van der Waals surface area contributed by atoms with Crippen LogP contribution >= 0.6 is 12.2 Å². The summed E-state index contributed by atoms with van der Waals surface area (Å²) in [5.74, 6) is 1.07. The van der Waals surface area contributed by atoms with Crippen molar-refractivity contribution >= 4 is 17.2 Å². The largest absolute Gasteiger partial charge is 0.488 e. The second kappa shape index (κ2) is 5.58. The molecular weight excluding hydrogens is 280 g/mol. The minimum absolute atomic E-state index is 0.0441. The molecule has 0 saturated carbocycles. The summed E-state index contributed by atoms with van der Waals surface area (Å²) in [6, 6.07) is 6.47. The van der Waals surface area contributed by atoms with E-state index in [1.54, 1.807) is 0 Å². The van der Waals surface area contributed by atoms with Crippen molar-refractivity contribution in [3.8, 4) is 5.75 Å². The second-order valence-corrected chi connectivity index (χ2v) is 7.22. The number of likely N-dealkylation sites (tertiary alicyclic amines) is 1. The van der Waals surface area contributed by atoms with Crippen LogP contribution in [0.5, 0.6) is 5.75 Å². The van der Waals surface area contributed by atoms with Crippen molar-refractivity contribution in [2.24, 2.45) is 11.1 Å². The van der Waals surface area contributed by atoms with Crippen molar-refractivity contribution in [1.82, 2.24) is 4.90 Å². The Labute approximate surface area is 132 Å². The van der Waals surface area contributed by atoms with Gasteiger partial charge >= 0.3 is 0 Å². The summed E-state index contributed by atoms with van der Waals surface area (Å²) in [5.41, 5.74) is 8.57. The first-order valence-electron chi connectivity index (χ1n) is 7.75. The molecule has 0 spiro atoms. The van der Waals surface area contributed by atoms with Crippen LogP contribution in [-0.2, 0) is 6.42 Å². The Morgan fingerprint density at radius 1 is 1.43 bits per heavy atom. The highest BCUT2D eigenvalue weighted by atomic mass is 32.1. The fourth-order valence-electron chi connectivity index (χ4n) is 3.31. The van der Waals surface area contributed by atoms with Crippen LogP contribution in [0.15, 0.2) is 18.2 Å². The molecule has 3 nitrogen and oxygen atoms in total. The van der Waals surface area contributed by atoms with Crippen molar-refractivity contribution in [2.75, 3.05) is 19.6 Å². The molecule has 1 atom stereocenters. The zero-order chi connectivity index (χ0) is 15.0. The van der Waals surface area contributed by atoms with Gasteiger partial charge in [-0.15, -0.1) is 0 Å². The van der Waals surface area contributed by atoms with E-state index in [4.69, 9.17) is 22.7 Å². The number of benzene rings is 1. The molecule has 2 N–H and O–H groups in total. The second-order valence-electron chi connectivity index (χ2n) is 6.78. The summed E-state index contributed by atoms with van der Waals surface area (Å²) < 4.78 is 6.07. The van der Waals surface area contributed by atoms with Gasteiger partial charge in [0.1, 0.15) is 11.9 Å². The summed E-state index contributed by atoms with van der Waals surface area (Å²) in [5, 5.41) is 0. The van der Waals surface area contributed by atoms with Crippen LogP contribution in [0.25, 0.3) is 0 Å². The summed E-state index contributed by atoms with van der Waals surface area (Å²) >= 11 is 5.21. The van der Waals surface area contributed by atoms with Crippen LogP contribution < -0.4 is 10.5 Å². The first-order chi connectivity index (χ1) is 9.96. The predicted octanol–water partition coefficient (Wildman–Crippen LogP) is 2.69. The number of rotatable bonds is 3. The minimum atomic E-state index is 0.0441. The fraction of sp³-hybridized carbons (Fsp3) is 0.588. The number of thiocarbonyl (C=S) groups is 1. The number of nitrogens with zero attached hydrogens (tertiary/aromatic N) is 1. The molecule has 1 unspecified atom stereocenters. The molecule has 3 rings (SSSR count). The van der Waals surface area contributed by atoms with E-state index in [1.807, 2.05) is 0 Å². The molecule has 0 aromatic heterocycles. The molecule has 114 valence electrons. The number of fused-ring (bicyclic) bond motifs is 1. The Bertz CT molecular complexity index is 550. The van der Waals surface area contributed by atoms with Gasteiger partial charge < -0.3 is 10.5 Å². The Morgan fingerprint density at radius 3 is 2.81 bits per heavy atom. The average Bonchev–Trinajstić information content (AvgIpc) is 2.82. The number of ether oxygens (including phenoxy) is 1. The number of nitrogens with two attached hydrogens (primary N) is 1. The molecule has 21 heavy (non-hydrogen) atoms. The molecule has 2 aliphatic rings. The zero-order valence-electron chi connectivity index (χ0n) is 12.9. The third kappa shape index (κ3) is 3.06. The van der Waals surface area contributed by atoms with Crippen LogP contribution in [0.4, 0.5) is 0 Å². The smallest absolute Gasteiger partial charge is 0.123 e. The number of piperidine rings is 1. The number of hydrogen-bond donors (Lipinski definition) is 1. The summed E-state index contributed by atoms with van der Waals surface area (Å²) in [6.07, 6.45) is 3.43. The molecule has 4 heteroatoms. The first kappa shape index (κ1) is 14.8. The summed E-state index contributed by atoms with van der Waals surface area (Å²) in [6.45, 7) is 7.44. The van der Waals surface area contributed by atoms with Gasteiger partial charge in [0.25, 0.3) is 0 Å². The lowest BCUT2D eigenvalue weighted by atomic mass is 9.80. The molecule has 0 aliphatic carbocycles. The maximum atomic E-state index is 6.07. The topological polar surface area (TPSA) is 38.5 Å². The third-order valence-corrected chi connectivity index (χ3v) is 5.47. The maximum absolute atomic E-state index is 6.07. The summed E-state index contributed by atoms with van der Waals surface area (Å²) in [7, 11) is 0. The van der Waals surface area contributed by atoms with E-state index in [-0.39, 0.29) is 11.5 Å². The van der Waals surface area contributed by atoms with Gasteiger partial charge in [0.05, 0.1) is 4.99 Å². The van der Waals surface area contributed by atoms with E-state index in [9.17, 15) is 0 Å². The van der Waals surface area contributed by atoms with Crippen molar-refractivity contribution in [3.05, 3.63) is 29.3 Å². The van der Waals surface area contributed by atoms with Crippen LogP contribution in [0.1, 0.15) is 30.9 Å². The lowest BCUT2D eigenvalue weighted by Gasteiger charge is -2.39. The van der Waals surface area contributed by atoms with E-state index in [1.165, 1.54) is 11.1 Å². The average molecular weight is 304 g/mol. The molecule has 1 aromatic carbocycles. The maximum Gasteiger partial charge on any atom is 0.123 e. The molecule has 1 aromatic rings. The van der Waals surface area contributed by atoms with E-state index >= 15 is 0 Å². The van der Waals surface area contributed by atoms with Crippen LogP contribution in [0.2, 0.25) is 0 Å². The monoisotopic (exact) mass is 304 g/mol. The van der Waals surface area contributed by atoms with Gasteiger partial charge in [-0.05, 0) is 44.5 Å². The van der Waals surface area contributed by atoms with E-state index in [0.717, 1.165) is 44.6 Å². The minimum Gasteiger partial charge on any atom is -0.488 e. The van der Waals surface area contributed by atoms with E-state index < -0.39 is 0 Å². The van der Waals surface area contributed by atoms with Crippen LogP contribution in [0, 0.1) is 12.3 Å². The standard InChI is InChI=1S/C17H24N2OS/c1-12-3-4-15-13(9-12)10-14(20-15)11-19-7-5-17(2,6-8-19)16(18)21/h3-4,9,14H,5-8,10-11H2,1-2H3,(H2,18,21). The van der Waals surface area contributed by atoms with Gasteiger partial charge in [-0.2, -0.15) is 0 Å². The molecule has 0 radical (unpaired) electrons. The first-order valence-corrected chi connectivity index (χ1v) is 8.15. The lowest BCUT2D eigenvalue weighted by molar-refractivity contribution is 0.107. The quantitative estimate of drug-likeness (QED) is 0.872. The molecule has 2 heterocycles. The SMILES string of the molecule is Cc1ccc2c(c1)CC(CN1CCC(C)(C(N)=S)CC1)O2. The van der Waals surface area contributed by atoms with Gasteiger partial charge in [0.2, 0.25) is 0 Å². The Hall–Kier alpha value is -1.13. The van der Waals surface area contributed by atoms with Crippen LogP contribution in [0.3, 0.4) is 0 Å². The third-order valence-electron chi connectivity index (χ3n) is 4.97. The number of hydrogen-bond acceptors (Lipinski definition) is 3. The predicted molar refractivity (Wildman–Crippen MR) is 89.9 cm³/mol. The van der Waals surface area contributed by atoms with Gasteiger partial charge in [0.15, 0.2) is 0 Å². The lowest BCUT2D eigenvalue weighted by Crippen LogP contribution is -2.47. The van der Waals surface area contributed by atoms with Crippen LogP contribution in [-0.4, -0.2) is 35.6 Å². The highest BCUT2D eigenvalue weighted by Crippen LogP contribution is 2.33. The molecule has 1 fully saturated rings. The van der Waals surface area contributed by atoms with Gasteiger partial charge in [-0.1, -0.05) is 36.8 Å². The Balaban J connectivity index is 1.55.